The first-order valence-electron chi connectivity index (χ1n) is 8.95. The Morgan fingerprint density at radius 3 is 2.22 bits per heavy atom. The largest absolute Gasteiger partial charge is 0.376 e. The van der Waals surface area contributed by atoms with Crippen LogP contribution in [0.25, 0.3) is 10.8 Å². The summed E-state index contributed by atoms with van der Waals surface area (Å²) in [6.07, 6.45) is 0. The average Bonchev–Trinajstić information content (AvgIpc) is 2.66. The van der Waals surface area contributed by atoms with Gasteiger partial charge in [0.2, 0.25) is 5.91 Å². The van der Waals surface area contributed by atoms with E-state index in [1.54, 1.807) is 24.3 Å². The first-order valence-corrected chi connectivity index (χ1v) is 8.95. The minimum Gasteiger partial charge on any atom is -0.376 e. The maximum Gasteiger partial charge on any atom is 0.251 e. The van der Waals surface area contributed by atoms with E-state index < -0.39 is 0 Å². The van der Waals surface area contributed by atoms with Crippen molar-refractivity contribution in [3.05, 3.63) is 72.3 Å². The SMILES string of the molecule is CC(C)NC(=O)c1ccc(NCC(=O)Nc2ccc3ccccc3c2)cc1. The van der Waals surface area contributed by atoms with E-state index in [4.69, 9.17) is 0 Å². The zero-order chi connectivity index (χ0) is 19.2. The molecule has 0 aliphatic carbocycles. The van der Waals surface area contributed by atoms with E-state index >= 15 is 0 Å². The van der Waals surface area contributed by atoms with Gasteiger partial charge in [0.25, 0.3) is 5.91 Å². The van der Waals surface area contributed by atoms with Crippen molar-refractivity contribution in [1.82, 2.24) is 5.32 Å². The van der Waals surface area contributed by atoms with Gasteiger partial charge < -0.3 is 16.0 Å². The van der Waals surface area contributed by atoms with E-state index in [1.807, 2.05) is 56.3 Å². The van der Waals surface area contributed by atoms with Gasteiger partial charge in [0.1, 0.15) is 0 Å². The van der Waals surface area contributed by atoms with E-state index in [2.05, 4.69) is 16.0 Å². The van der Waals surface area contributed by atoms with Crippen molar-refractivity contribution in [3.63, 3.8) is 0 Å². The first kappa shape index (κ1) is 18.5. The monoisotopic (exact) mass is 361 g/mol. The minimum atomic E-state index is -0.132. The Hall–Kier alpha value is -3.34. The van der Waals surface area contributed by atoms with Crippen molar-refractivity contribution in [2.45, 2.75) is 19.9 Å². The first-order chi connectivity index (χ1) is 13.0. The van der Waals surface area contributed by atoms with Crippen molar-refractivity contribution in [1.29, 1.82) is 0 Å². The summed E-state index contributed by atoms with van der Waals surface area (Å²) in [6.45, 7) is 3.98. The maximum atomic E-state index is 12.2. The predicted molar refractivity (Wildman–Crippen MR) is 110 cm³/mol. The van der Waals surface area contributed by atoms with Crippen molar-refractivity contribution >= 4 is 34.0 Å². The lowest BCUT2D eigenvalue weighted by atomic mass is 10.1. The topological polar surface area (TPSA) is 70.2 Å². The van der Waals surface area contributed by atoms with Crippen molar-refractivity contribution in [2.24, 2.45) is 0 Å². The number of fused-ring (bicyclic) bond motifs is 1. The third kappa shape index (κ3) is 5.07. The van der Waals surface area contributed by atoms with Crippen LogP contribution in [-0.4, -0.2) is 24.4 Å². The predicted octanol–water partition coefficient (Wildman–Crippen LogP) is 4.03. The molecule has 3 N–H and O–H groups in total. The van der Waals surface area contributed by atoms with Gasteiger partial charge in [-0.3, -0.25) is 9.59 Å². The number of carbonyl (C=O) groups excluding carboxylic acids is 2. The third-order valence-electron chi connectivity index (χ3n) is 4.05. The van der Waals surface area contributed by atoms with E-state index in [0.29, 0.717) is 5.56 Å². The Kier molecular flexibility index (Phi) is 5.71. The lowest BCUT2D eigenvalue weighted by Crippen LogP contribution is -2.30. The molecule has 3 rings (SSSR count). The number of rotatable bonds is 6. The quantitative estimate of drug-likeness (QED) is 0.621. The van der Waals surface area contributed by atoms with Crippen LogP contribution in [-0.2, 0) is 4.79 Å². The molecule has 0 bridgehead atoms. The summed E-state index contributed by atoms with van der Waals surface area (Å²) in [5, 5.41) is 11.0. The highest BCUT2D eigenvalue weighted by molar-refractivity contribution is 5.97. The van der Waals surface area contributed by atoms with Gasteiger partial charge in [0, 0.05) is 23.0 Å². The van der Waals surface area contributed by atoms with Gasteiger partial charge in [-0.15, -0.1) is 0 Å². The fraction of sp³-hybridized carbons (Fsp3) is 0.182. The van der Waals surface area contributed by atoms with Gasteiger partial charge in [0.15, 0.2) is 0 Å². The minimum absolute atomic E-state index is 0.0918. The van der Waals surface area contributed by atoms with Crippen molar-refractivity contribution < 1.29 is 9.59 Å². The van der Waals surface area contributed by atoms with Crippen LogP contribution in [0, 0.1) is 0 Å². The second-order valence-electron chi connectivity index (χ2n) is 6.67. The normalized spacial score (nSPS) is 10.6. The molecule has 0 spiro atoms. The molecule has 0 heterocycles. The van der Waals surface area contributed by atoms with Crippen molar-refractivity contribution in [3.8, 4) is 0 Å². The van der Waals surface area contributed by atoms with E-state index in [-0.39, 0.29) is 24.4 Å². The molecule has 0 aromatic heterocycles. The van der Waals surface area contributed by atoms with Crippen LogP contribution >= 0.6 is 0 Å². The maximum absolute atomic E-state index is 12.2. The van der Waals surface area contributed by atoms with Gasteiger partial charge in [-0.1, -0.05) is 30.3 Å². The van der Waals surface area contributed by atoms with Crippen LogP contribution in [0.4, 0.5) is 11.4 Å². The highest BCUT2D eigenvalue weighted by Crippen LogP contribution is 2.18. The standard InChI is InChI=1S/C22H23N3O2/c1-15(2)24-22(27)17-8-10-19(11-9-17)23-14-21(26)25-20-12-7-16-5-3-4-6-18(16)13-20/h3-13,15,23H,14H2,1-2H3,(H,24,27)(H,25,26). The van der Waals surface area contributed by atoms with Gasteiger partial charge in [-0.2, -0.15) is 0 Å². The molecule has 2 amide bonds. The van der Waals surface area contributed by atoms with Crippen LogP contribution in [0.1, 0.15) is 24.2 Å². The Morgan fingerprint density at radius 1 is 0.852 bits per heavy atom. The number of amides is 2. The highest BCUT2D eigenvalue weighted by Gasteiger charge is 2.07. The smallest absolute Gasteiger partial charge is 0.251 e. The molecular weight excluding hydrogens is 338 g/mol. The summed E-state index contributed by atoms with van der Waals surface area (Å²) < 4.78 is 0. The number of carbonyl (C=O) groups is 2. The molecule has 0 fully saturated rings. The Morgan fingerprint density at radius 2 is 1.52 bits per heavy atom. The summed E-state index contributed by atoms with van der Waals surface area (Å²) in [4.78, 5) is 24.1. The molecule has 3 aromatic rings. The fourth-order valence-electron chi connectivity index (χ4n) is 2.74. The number of nitrogens with one attached hydrogen (secondary N) is 3. The van der Waals surface area contributed by atoms with Crippen molar-refractivity contribution in [2.75, 3.05) is 17.2 Å². The van der Waals surface area contributed by atoms with Gasteiger partial charge in [-0.05, 0) is 61.0 Å². The number of hydrogen-bond donors (Lipinski definition) is 3. The average molecular weight is 361 g/mol. The molecule has 0 saturated heterocycles. The molecular formula is C22H23N3O2. The zero-order valence-electron chi connectivity index (χ0n) is 15.5. The molecule has 5 nitrogen and oxygen atoms in total. The Labute approximate surface area is 158 Å². The Balaban J connectivity index is 1.54. The second-order valence-corrected chi connectivity index (χ2v) is 6.67. The van der Waals surface area contributed by atoms with Gasteiger partial charge in [0.05, 0.1) is 6.54 Å². The lowest BCUT2D eigenvalue weighted by molar-refractivity contribution is -0.114. The highest BCUT2D eigenvalue weighted by atomic mass is 16.2. The molecule has 0 radical (unpaired) electrons. The van der Waals surface area contributed by atoms with E-state index in [9.17, 15) is 9.59 Å². The fourth-order valence-corrected chi connectivity index (χ4v) is 2.74. The van der Waals surface area contributed by atoms with Crippen LogP contribution in [0.3, 0.4) is 0 Å². The number of anilines is 2. The molecule has 0 saturated carbocycles. The van der Waals surface area contributed by atoms with E-state index in [0.717, 1.165) is 22.1 Å². The Bertz CT molecular complexity index is 949. The summed E-state index contributed by atoms with van der Waals surface area (Å²) in [5.41, 5.74) is 2.14. The van der Waals surface area contributed by atoms with Crippen LogP contribution < -0.4 is 16.0 Å². The second kappa shape index (κ2) is 8.36. The lowest BCUT2D eigenvalue weighted by Gasteiger charge is -2.10. The van der Waals surface area contributed by atoms with Gasteiger partial charge in [-0.25, -0.2) is 0 Å². The van der Waals surface area contributed by atoms with Crippen LogP contribution in [0.2, 0.25) is 0 Å². The third-order valence-corrected chi connectivity index (χ3v) is 4.05. The van der Waals surface area contributed by atoms with Crippen LogP contribution in [0.5, 0.6) is 0 Å². The zero-order valence-corrected chi connectivity index (χ0v) is 15.5. The summed E-state index contributed by atoms with van der Waals surface area (Å²) >= 11 is 0. The number of benzene rings is 3. The molecule has 0 aliphatic rings. The summed E-state index contributed by atoms with van der Waals surface area (Å²) in [6, 6.07) is 21.0. The van der Waals surface area contributed by atoms with Gasteiger partial charge >= 0.3 is 0 Å². The molecule has 5 heteroatoms. The molecule has 27 heavy (non-hydrogen) atoms. The molecule has 3 aromatic carbocycles. The molecule has 0 aliphatic heterocycles. The summed E-state index contributed by atoms with van der Waals surface area (Å²) in [7, 11) is 0. The molecule has 0 unspecified atom stereocenters. The number of hydrogen-bond acceptors (Lipinski definition) is 3. The molecule has 0 atom stereocenters. The molecule has 138 valence electrons. The van der Waals surface area contributed by atoms with Crippen LogP contribution in [0.15, 0.2) is 66.7 Å². The summed E-state index contributed by atoms with van der Waals surface area (Å²) in [5.74, 6) is -0.238. The van der Waals surface area contributed by atoms with E-state index in [1.165, 1.54) is 0 Å².